The van der Waals surface area contributed by atoms with E-state index in [0.717, 1.165) is 39.7 Å². The molecule has 4 rings (SSSR count). The third-order valence-electron chi connectivity index (χ3n) is 4.03. The molecule has 2 aromatic carbocycles. The molecule has 0 aliphatic carbocycles. The summed E-state index contributed by atoms with van der Waals surface area (Å²) in [7, 11) is 0. The predicted molar refractivity (Wildman–Crippen MR) is 102 cm³/mol. The van der Waals surface area contributed by atoms with Crippen molar-refractivity contribution < 1.29 is 0 Å². The van der Waals surface area contributed by atoms with E-state index >= 15 is 0 Å². The lowest BCUT2D eigenvalue weighted by Crippen LogP contribution is -2.18. The molecule has 3 nitrogen and oxygen atoms in total. The minimum atomic E-state index is 0.793. The topological polar surface area (TPSA) is 36.8 Å². The van der Waals surface area contributed by atoms with Crippen molar-refractivity contribution in [3.05, 3.63) is 87.6 Å². The minimum Gasteiger partial charge on any atom is -0.260 e. The summed E-state index contributed by atoms with van der Waals surface area (Å²) >= 11 is 1.66. The van der Waals surface area contributed by atoms with Gasteiger partial charge in [-0.2, -0.15) is 5.10 Å². The molecule has 4 heteroatoms. The van der Waals surface area contributed by atoms with E-state index < -0.39 is 0 Å². The van der Waals surface area contributed by atoms with E-state index in [2.05, 4.69) is 48.7 Å². The van der Waals surface area contributed by atoms with Gasteiger partial charge in [-0.05, 0) is 35.6 Å². The molecule has 0 fully saturated rings. The SMILES string of the molecule is CCc1ccc2c(c1)C(c1ccccc1)=NNC(c1cccs1)=N2. The van der Waals surface area contributed by atoms with Crippen LogP contribution in [-0.4, -0.2) is 11.5 Å². The first-order valence-electron chi connectivity index (χ1n) is 8.00. The Balaban J connectivity index is 1.89. The summed E-state index contributed by atoms with van der Waals surface area (Å²) in [5, 5.41) is 6.74. The van der Waals surface area contributed by atoms with E-state index in [1.165, 1.54) is 5.56 Å². The molecular weight excluding hydrogens is 314 g/mol. The van der Waals surface area contributed by atoms with Crippen molar-refractivity contribution in [3.63, 3.8) is 0 Å². The fourth-order valence-electron chi connectivity index (χ4n) is 2.74. The number of nitrogens with zero attached hydrogens (tertiary/aromatic N) is 2. The maximum Gasteiger partial charge on any atom is 0.164 e. The van der Waals surface area contributed by atoms with Crippen LogP contribution in [0.1, 0.15) is 28.5 Å². The zero-order valence-electron chi connectivity index (χ0n) is 13.4. The number of hydrogen-bond acceptors (Lipinski definition) is 4. The van der Waals surface area contributed by atoms with Crippen LogP contribution in [0.5, 0.6) is 0 Å². The zero-order chi connectivity index (χ0) is 16.4. The Morgan fingerprint density at radius 3 is 2.62 bits per heavy atom. The molecule has 24 heavy (non-hydrogen) atoms. The van der Waals surface area contributed by atoms with Crippen molar-refractivity contribution in [1.29, 1.82) is 0 Å². The van der Waals surface area contributed by atoms with Gasteiger partial charge in [-0.3, -0.25) is 5.43 Å². The highest BCUT2D eigenvalue weighted by atomic mass is 32.1. The molecule has 3 aromatic rings. The normalized spacial score (nSPS) is 13.4. The third kappa shape index (κ3) is 2.76. The molecule has 0 bridgehead atoms. The predicted octanol–water partition coefficient (Wildman–Crippen LogP) is 4.74. The van der Waals surface area contributed by atoms with E-state index in [1.54, 1.807) is 11.3 Å². The molecule has 0 saturated heterocycles. The standard InChI is InChI=1S/C20H17N3S/c1-2-14-10-11-17-16(13-14)19(15-7-4-3-5-8-15)22-23-20(21-17)18-9-6-12-24-18/h3-13H,2H2,1H3,(H,21,23). The highest BCUT2D eigenvalue weighted by Gasteiger charge is 2.17. The number of hydrazone groups is 1. The fourth-order valence-corrected chi connectivity index (χ4v) is 3.41. The van der Waals surface area contributed by atoms with Gasteiger partial charge in [0.2, 0.25) is 0 Å². The van der Waals surface area contributed by atoms with Crippen LogP contribution in [0, 0.1) is 0 Å². The van der Waals surface area contributed by atoms with Crippen molar-refractivity contribution in [2.45, 2.75) is 13.3 Å². The van der Waals surface area contributed by atoms with Gasteiger partial charge in [0.25, 0.3) is 0 Å². The van der Waals surface area contributed by atoms with Crippen LogP contribution in [0.15, 0.2) is 76.1 Å². The Kier molecular flexibility index (Phi) is 3.97. The average molecular weight is 331 g/mol. The second kappa shape index (κ2) is 6.42. The molecule has 1 aromatic heterocycles. The number of benzene rings is 2. The zero-order valence-corrected chi connectivity index (χ0v) is 14.2. The van der Waals surface area contributed by atoms with Gasteiger partial charge in [0.1, 0.15) is 0 Å². The van der Waals surface area contributed by atoms with Crippen molar-refractivity contribution in [2.75, 3.05) is 0 Å². The third-order valence-corrected chi connectivity index (χ3v) is 4.91. The second-order valence-corrected chi connectivity index (χ2v) is 6.53. The number of aliphatic imine (C=N–C) groups is 1. The number of thiophene rings is 1. The molecule has 0 unspecified atom stereocenters. The molecule has 0 amide bonds. The van der Waals surface area contributed by atoms with Crippen molar-refractivity contribution in [1.82, 2.24) is 5.43 Å². The van der Waals surface area contributed by atoms with Crippen molar-refractivity contribution in [2.24, 2.45) is 10.1 Å². The Morgan fingerprint density at radius 2 is 1.88 bits per heavy atom. The van der Waals surface area contributed by atoms with Gasteiger partial charge in [-0.25, -0.2) is 4.99 Å². The summed E-state index contributed by atoms with van der Waals surface area (Å²) in [6.07, 6.45) is 0.990. The van der Waals surface area contributed by atoms with Gasteiger partial charge in [0.05, 0.1) is 16.3 Å². The smallest absolute Gasteiger partial charge is 0.164 e. The molecule has 1 aliphatic heterocycles. The lowest BCUT2D eigenvalue weighted by atomic mass is 9.98. The molecule has 0 radical (unpaired) electrons. The number of aryl methyl sites for hydroxylation is 1. The first kappa shape index (κ1) is 14.8. The van der Waals surface area contributed by atoms with Gasteiger partial charge in [0, 0.05) is 11.1 Å². The molecule has 1 N–H and O–H groups in total. The van der Waals surface area contributed by atoms with E-state index in [-0.39, 0.29) is 0 Å². The maximum absolute atomic E-state index is 4.83. The van der Waals surface area contributed by atoms with Gasteiger partial charge >= 0.3 is 0 Å². The molecular formula is C20H17N3S. The lowest BCUT2D eigenvalue weighted by Gasteiger charge is -2.09. The van der Waals surface area contributed by atoms with Gasteiger partial charge < -0.3 is 0 Å². The second-order valence-electron chi connectivity index (χ2n) is 5.58. The number of hydrogen-bond donors (Lipinski definition) is 1. The molecule has 0 atom stereocenters. The molecule has 1 aliphatic rings. The molecule has 118 valence electrons. The Hall–Kier alpha value is -2.72. The average Bonchev–Trinajstić information content (AvgIpc) is 3.10. The highest BCUT2D eigenvalue weighted by Crippen LogP contribution is 2.27. The first-order chi connectivity index (χ1) is 11.8. The monoisotopic (exact) mass is 331 g/mol. The minimum absolute atomic E-state index is 0.793. The number of nitrogens with one attached hydrogen (secondary N) is 1. The van der Waals surface area contributed by atoms with Gasteiger partial charge in [-0.15, -0.1) is 11.3 Å². The summed E-state index contributed by atoms with van der Waals surface area (Å²) < 4.78 is 0. The maximum atomic E-state index is 4.83. The number of amidine groups is 1. The van der Waals surface area contributed by atoms with E-state index in [0.29, 0.717) is 0 Å². The fraction of sp³-hybridized carbons (Fsp3) is 0.100. The molecule has 0 saturated carbocycles. The lowest BCUT2D eigenvalue weighted by molar-refractivity contribution is 1.03. The van der Waals surface area contributed by atoms with Crippen LogP contribution < -0.4 is 5.43 Å². The van der Waals surface area contributed by atoms with Crippen molar-refractivity contribution >= 4 is 28.6 Å². The summed E-state index contributed by atoms with van der Waals surface area (Å²) in [6, 6.07) is 20.8. The highest BCUT2D eigenvalue weighted by molar-refractivity contribution is 7.12. The summed E-state index contributed by atoms with van der Waals surface area (Å²) in [6.45, 7) is 2.16. The summed E-state index contributed by atoms with van der Waals surface area (Å²) in [5.41, 5.74) is 8.48. The Morgan fingerprint density at radius 1 is 1.00 bits per heavy atom. The van der Waals surface area contributed by atoms with Crippen molar-refractivity contribution in [3.8, 4) is 0 Å². The molecule has 0 spiro atoms. The summed E-state index contributed by atoms with van der Waals surface area (Å²) in [4.78, 5) is 5.92. The van der Waals surface area contributed by atoms with E-state index in [9.17, 15) is 0 Å². The number of fused-ring (bicyclic) bond motifs is 1. The van der Waals surface area contributed by atoms with Crippen LogP contribution in [0.25, 0.3) is 0 Å². The Labute approximate surface area is 145 Å². The largest absolute Gasteiger partial charge is 0.260 e. The van der Waals surface area contributed by atoms with Crippen LogP contribution in [-0.2, 0) is 6.42 Å². The summed E-state index contributed by atoms with van der Waals surface area (Å²) in [5.74, 6) is 0.793. The van der Waals surface area contributed by atoms with Crippen LogP contribution in [0.3, 0.4) is 0 Å². The Bertz CT molecular complexity index is 909. The van der Waals surface area contributed by atoms with Gasteiger partial charge in [0.15, 0.2) is 5.84 Å². The first-order valence-corrected chi connectivity index (χ1v) is 8.88. The molecule has 2 heterocycles. The number of rotatable bonds is 3. The van der Waals surface area contributed by atoms with E-state index in [4.69, 9.17) is 10.1 Å². The van der Waals surface area contributed by atoms with Gasteiger partial charge in [-0.1, -0.05) is 49.4 Å². The van der Waals surface area contributed by atoms with Crippen LogP contribution in [0.4, 0.5) is 5.69 Å². The van der Waals surface area contributed by atoms with Crippen LogP contribution in [0.2, 0.25) is 0 Å². The van der Waals surface area contributed by atoms with E-state index in [1.807, 2.05) is 29.6 Å². The quantitative estimate of drug-likeness (QED) is 0.739. The van der Waals surface area contributed by atoms with Crippen LogP contribution >= 0.6 is 11.3 Å².